The molecule has 0 radical (unpaired) electrons. The fraction of sp³-hybridized carbons (Fsp3) is 0.533. The predicted molar refractivity (Wildman–Crippen MR) is 84.4 cm³/mol. The Labute approximate surface area is 132 Å². The van der Waals surface area contributed by atoms with Crippen molar-refractivity contribution in [2.24, 2.45) is 0 Å². The van der Waals surface area contributed by atoms with Crippen LogP contribution in [0.1, 0.15) is 32.3 Å². The summed E-state index contributed by atoms with van der Waals surface area (Å²) in [7, 11) is 0. The molecule has 0 atom stereocenters. The van der Waals surface area contributed by atoms with Crippen LogP contribution in [-0.4, -0.2) is 22.5 Å². The van der Waals surface area contributed by atoms with Crippen LogP contribution >= 0.6 is 22.6 Å². The van der Waals surface area contributed by atoms with Gasteiger partial charge in [-0.25, -0.2) is 4.39 Å². The number of ether oxygens (including phenoxy) is 1. The minimum atomic E-state index is -0.640. The first-order valence-corrected chi connectivity index (χ1v) is 7.80. The topological polar surface area (TPSA) is 38.3 Å². The van der Waals surface area contributed by atoms with Gasteiger partial charge in [-0.3, -0.25) is 4.79 Å². The highest BCUT2D eigenvalue weighted by atomic mass is 127. The van der Waals surface area contributed by atoms with Crippen LogP contribution in [0.5, 0.6) is 0 Å². The molecule has 1 aromatic rings. The van der Waals surface area contributed by atoms with Crippen molar-refractivity contribution in [3.05, 3.63) is 35.6 Å². The molecule has 5 heteroatoms. The largest absolute Gasteiger partial charge is 0.453 e. The van der Waals surface area contributed by atoms with Crippen molar-refractivity contribution in [3.8, 4) is 0 Å². The van der Waals surface area contributed by atoms with Gasteiger partial charge in [0.05, 0.1) is 0 Å². The van der Waals surface area contributed by atoms with E-state index in [9.17, 15) is 9.18 Å². The molecule has 1 aromatic carbocycles. The summed E-state index contributed by atoms with van der Waals surface area (Å²) in [4.78, 5) is 12.3. The molecule has 0 bridgehead atoms. The number of carbonyl (C=O) groups excluding carboxylic acids is 1. The van der Waals surface area contributed by atoms with E-state index in [-0.39, 0.29) is 11.8 Å². The van der Waals surface area contributed by atoms with Gasteiger partial charge in [-0.1, -0.05) is 34.7 Å². The van der Waals surface area contributed by atoms with Crippen molar-refractivity contribution in [1.29, 1.82) is 0 Å². The molecule has 0 unspecified atom stereocenters. The Hall–Kier alpha value is -0.690. The summed E-state index contributed by atoms with van der Waals surface area (Å²) in [6.45, 7) is 5.23. The molecule has 3 nitrogen and oxygen atoms in total. The summed E-state index contributed by atoms with van der Waals surface area (Å²) in [5.74, 6) is -0.511. The number of hydrogen-bond donors (Lipinski definition) is 1. The Morgan fingerprint density at radius 2 is 1.85 bits per heavy atom. The van der Waals surface area contributed by atoms with E-state index in [1.54, 1.807) is 12.1 Å². The molecule has 1 aliphatic heterocycles. The maximum atomic E-state index is 13.1. The van der Waals surface area contributed by atoms with Crippen LogP contribution in [0.3, 0.4) is 0 Å². The van der Waals surface area contributed by atoms with Crippen molar-refractivity contribution in [3.63, 3.8) is 0 Å². The molecule has 0 spiro atoms. The Balaban J connectivity index is 2.30. The lowest BCUT2D eigenvalue weighted by Crippen LogP contribution is -2.45. The number of hydrogen-bond acceptors (Lipinski definition) is 3. The molecule has 1 N–H and O–H groups in total. The van der Waals surface area contributed by atoms with E-state index in [0.717, 1.165) is 18.7 Å². The monoisotopic (exact) mass is 391 g/mol. The van der Waals surface area contributed by atoms with Gasteiger partial charge in [-0.2, -0.15) is 0 Å². The standard InChI is InChI=1S/C15H19FINO2/c1-14(2,17)13(19)20-15(7-9-18-10-8-15)11-3-5-12(16)6-4-11/h3-6,18H,7-10H2,1-2H3. The maximum absolute atomic E-state index is 13.1. The van der Waals surface area contributed by atoms with E-state index in [2.05, 4.69) is 27.9 Å². The summed E-state index contributed by atoms with van der Waals surface area (Å²) in [6, 6.07) is 6.27. The van der Waals surface area contributed by atoms with Crippen molar-refractivity contribution >= 4 is 28.6 Å². The third kappa shape index (κ3) is 3.49. The van der Waals surface area contributed by atoms with E-state index in [0.29, 0.717) is 12.8 Å². The summed E-state index contributed by atoms with van der Waals surface area (Å²) in [6.07, 6.45) is 1.41. The molecule has 1 fully saturated rings. The number of alkyl halides is 1. The first-order chi connectivity index (χ1) is 9.33. The van der Waals surface area contributed by atoms with Gasteiger partial charge in [0.15, 0.2) is 0 Å². The molecule has 2 rings (SSSR count). The van der Waals surface area contributed by atoms with Gasteiger partial charge in [0.25, 0.3) is 0 Å². The summed E-state index contributed by atoms with van der Waals surface area (Å²) in [5.41, 5.74) is 0.229. The van der Waals surface area contributed by atoms with Gasteiger partial charge in [0.2, 0.25) is 0 Å². The molecule has 110 valence electrons. The lowest BCUT2D eigenvalue weighted by molar-refractivity contribution is -0.165. The number of rotatable bonds is 3. The Morgan fingerprint density at radius 3 is 2.35 bits per heavy atom. The van der Waals surface area contributed by atoms with Crippen molar-refractivity contribution in [2.45, 2.75) is 35.7 Å². The second-order valence-corrected chi connectivity index (χ2v) is 8.31. The number of halogens is 2. The second-order valence-electron chi connectivity index (χ2n) is 5.61. The van der Waals surface area contributed by atoms with E-state index in [1.807, 2.05) is 13.8 Å². The first kappa shape index (κ1) is 15.7. The SMILES string of the molecule is CC(C)(I)C(=O)OC1(c2ccc(F)cc2)CCNCC1. The zero-order valence-electron chi connectivity index (χ0n) is 11.7. The quantitative estimate of drug-likeness (QED) is 0.489. The van der Waals surface area contributed by atoms with Gasteiger partial charge >= 0.3 is 5.97 Å². The zero-order valence-corrected chi connectivity index (χ0v) is 13.9. The molecule has 20 heavy (non-hydrogen) atoms. The normalized spacial score (nSPS) is 18.6. The predicted octanol–water partition coefficient (Wildman–Crippen LogP) is 3.16. The smallest absolute Gasteiger partial charge is 0.322 e. The lowest BCUT2D eigenvalue weighted by Gasteiger charge is -2.39. The van der Waals surface area contributed by atoms with Crippen LogP contribution < -0.4 is 5.32 Å². The highest BCUT2D eigenvalue weighted by molar-refractivity contribution is 14.1. The molecule has 0 aliphatic carbocycles. The average Bonchev–Trinajstić information content (AvgIpc) is 2.39. The molecule has 0 aromatic heterocycles. The van der Waals surface area contributed by atoms with E-state index >= 15 is 0 Å². The van der Waals surface area contributed by atoms with Crippen LogP contribution in [0.2, 0.25) is 0 Å². The van der Waals surface area contributed by atoms with E-state index in [1.165, 1.54) is 12.1 Å². The van der Waals surface area contributed by atoms with Crippen LogP contribution in [0, 0.1) is 5.82 Å². The number of piperidine rings is 1. The maximum Gasteiger partial charge on any atom is 0.322 e. The van der Waals surface area contributed by atoms with Crippen LogP contribution in [0.15, 0.2) is 24.3 Å². The van der Waals surface area contributed by atoms with Gasteiger partial charge in [0.1, 0.15) is 14.8 Å². The number of esters is 1. The van der Waals surface area contributed by atoms with Crippen molar-refractivity contribution in [2.75, 3.05) is 13.1 Å². The van der Waals surface area contributed by atoms with Gasteiger partial charge in [-0.05, 0) is 44.6 Å². The second kappa shape index (κ2) is 5.97. The highest BCUT2D eigenvalue weighted by Crippen LogP contribution is 2.37. The third-order valence-corrected chi connectivity index (χ3v) is 4.00. The average molecular weight is 391 g/mol. The van der Waals surface area contributed by atoms with E-state index < -0.39 is 9.02 Å². The Morgan fingerprint density at radius 1 is 1.30 bits per heavy atom. The van der Waals surface area contributed by atoms with Gasteiger partial charge in [-0.15, -0.1) is 0 Å². The highest BCUT2D eigenvalue weighted by Gasteiger charge is 2.40. The number of benzene rings is 1. The molecule has 1 saturated heterocycles. The fourth-order valence-corrected chi connectivity index (χ4v) is 2.44. The summed E-state index contributed by atoms with van der Waals surface area (Å²) in [5, 5.41) is 3.27. The summed E-state index contributed by atoms with van der Waals surface area (Å²) < 4.78 is 18.4. The molecule has 0 amide bonds. The van der Waals surface area contributed by atoms with Crippen molar-refractivity contribution < 1.29 is 13.9 Å². The first-order valence-electron chi connectivity index (χ1n) is 6.73. The lowest BCUT2D eigenvalue weighted by atomic mass is 9.84. The van der Waals surface area contributed by atoms with Crippen molar-refractivity contribution in [1.82, 2.24) is 5.32 Å². The third-order valence-electron chi connectivity index (χ3n) is 3.56. The molecule has 1 aliphatic rings. The summed E-state index contributed by atoms with van der Waals surface area (Å²) >= 11 is 2.08. The number of nitrogens with one attached hydrogen (secondary N) is 1. The van der Waals surface area contributed by atoms with E-state index in [4.69, 9.17) is 4.74 Å². The molecule has 0 saturated carbocycles. The zero-order chi connectivity index (χ0) is 14.8. The van der Waals surface area contributed by atoms with Crippen LogP contribution in [0.25, 0.3) is 0 Å². The fourth-order valence-electron chi connectivity index (χ4n) is 2.33. The minimum absolute atomic E-state index is 0.232. The minimum Gasteiger partial charge on any atom is -0.453 e. The van der Waals surface area contributed by atoms with Crippen LogP contribution in [-0.2, 0) is 15.1 Å². The number of carbonyl (C=O) groups is 1. The Bertz CT molecular complexity index is 476. The van der Waals surface area contributed by atoms with Crippen LogP contribution in [0.4, 0.5) is 4.39 Å². The molecular formula is C15H19FINO2. The van der Waals surface area contributed by atoms with Gasteiger partial charge < -0.3 is 10.1 Å². The molecular weight excluding hydrogens is 372 g/mol. The molecule has 1 heterocycles. The van der Waals surface area contributed by atoms with Gasteiger partial charge in [0, 0.05) is 12.8 Å². The Kier molecular flexibility index (Phi) is 4.69.